The van der Waals surface area contributed by atoms with Crippen molar-refractivity contribution < 1.29 is 13.2 Å². The van der Waals surface area contributed by atoms with E-state index in [1.807, 2.05) is 30.3 Å². The predicted octanol–water partition coefficient (Wildman–Crippen LogP) is 3.00. The van der Waals surface area contributed by atoms with Crippen LogP contribution in [-0.2, 0) is 16.4 Å². The minimum absolute atomic E-state index is 0.292. The molecule has 25 heavy (non-hydrogen) atoms. The summed E-state index contributed by atoms with van der Waals surface area (Å²) in [5.74, 6) is 1.78. The molecule has 0 aliphatic carbocycles. The predicted molar refractivity (Wildman–Crippen MR) is 98.6 cm³/mol. The van der Waals surface area contributed by atoms with Gasteiger partial charge in [0.2, 0.25) is 0 Å². The van der Waals surface area contributed by atoms with E-state index in [9.17, 15) is 8.42 Å². The van der Waals surface area contributed by atoms with Crippen molar-refractivity contribution in [1.29, 1.82) is 0 Å². The number of sulfonamides is 1. The standard InChI is InChI=1S/C19H22N2O3S/c1-14(2)13-24-16-9-7-15(8-10-16)11-12-20-19-17-5-3-4-6-18(17)25(22,23)21-19/h3-10,14H,11-13H2,1-2H3,(H,20,21). The molecule has 132 valence electrons. The molecule has 0 saturated carbocycles. The Hall–Kier alpha value is -2.34. The van der Waals surface area contributed by atoms with Gasteiger partial charge in [0.1, 0.15) is 11.6 Å². The fraction of sp³-hybridized carbons (Fsp3) is 0.316. The molecule has 2 aromatic rings. The highest BCUT2D eigenvalue weighted by atomic mass is 32.2. The van der Waals surface area contributed by atoms with Crippen LogP contribution in [0.25, 0.3) is 0 Å². The third-order valence-electron chi connectivity index (χ3n) is 3.84. The molecule has 3 rings (SSSR count). The van der Waals surface area contributed by atoms with E-state index in [4.69, 9.17) is 4.74 Å². The van der Waals surface area contributed by atoms with E-state index >= 15 is 0 Å². The zero-order valence-electron chi connectivity index (χ0n) is 14.4. The number of fused-ring (bicyclic) bond motifs is 1. The summed E-state index contributed by atoms with van der Waals surface area (Å²) in [6.07, 6.45) is 0.734. The molecule has 5 nitrogen and oxygen atoms in total. The molecule has 6 heteroatoms. The Morgan fingerprint density at radius 3 is 2.52 bits per heavy atom. The van der Waals surface area contributed by atoms with Crippen LogP contribution in [0.15, 0.2) is 58.4 Å². The third-order valence-corrected chi connectivity index (χ3v) is 5.24. The summed E-state index contributed by atoms with van der Waals surface area (Å²) in [5.41, 5.74) is 1.77. The summed E-state index contributed by atoms with van der Waals surface area (Å²) in [6.45, 7) is 5.44. The van der Waals surface area contributed by atoms with Crippen LogP contribution in [-0.4, -0.2) is 27.4 Å². The van der Waals surface area contributed by atoms with E-state index in [1.165, 1.54) is 0 Å². The maximum atomic E-state index is 12.0. The molecule has 0 atom stereocenters. The average Bonchev–Trinajstić information content (AvgIpc) is 2.85. The fourth-order valence-corrected chi connectivity index (χ4v) is 3.81. The minimum Gasteiger partial charge on any atom is -0.493 e. The van der Waals surface area contributed by atoms with Gasteiger partial charge in [-0.1, -0.05) is 38.1 Å². The molecule has 0 spiro atoms. The van der Waals surface area contributed by atoms with Crippen LogP contribution in [0.3, 0.4) is 0 Å². The molecule has 2 aromatic carbocycles. The Kier molecular flexibility index (Phi) is 5.08. The largest absolute Gasteiger partial charge is 0.493 e. The van der Waals surface area contributed by atoms with Crippen molar-refractivity contribution in [2.75, 3.05) is 13.2 Å². The van der Waals surface area contributed by atoms with Gasteiger partial charge in [-0.15, -0.1) is 0 Å². The van der Waals surface area contributed by atoms with Crippen LogP contribution in [0.5, 0.6) is 5.75 Å². The number of ether oxygens (including phenoxy) is 1. The van der Waals surface area contributed by atoms with Crippen molar-refractivity contribution in [3.8, 4) is 5.75 Å². The fourth-order valence-electron chi connectivity index (χ4n) is 2.56. The van der Waals surface area contributed by atoms with Crippen LogP contribution < -0.4 is 9.46 Å². The van der Waals surface area contributed by atoms with Gasteiger partial charge < -0.3 is 4.74 Å². The lowest BCUT2D eigenvalue weighted by atomic mass is 10.1. The molecule has 0 aromatic heterocycles. The smallest absolute Gasteiger partial charge is 0.263 e. The first-order valence-electron chi connectivity index (χ1n) is 8.34. The zero-order valence-corrected chi connectivity index (χ0v) is 15.2. The number of aliphatic imine (C=N–C) groups is 1. The second kappa shape index (κ2) is 7.27. The normalized spacial score (nSPS) is 16.7. The lowest BCUT2D eigenvalue weighted by Gasteiger charge is -2.09. The van der Waals surface area contributed by atoms with Crippen molar-refractivity contribution >= 4 is 15.9 Å². The average molecular weight is 358 g/mol. The van der Waals surface area contributed by atoms with Gasteiger partial charge in [0.05, 0.1) is 11.5 Å². The Morgan fingerprint density at radius 1 is 1.08 bits per heavy atom. The van der Waals surface area contributed by atoms with E-state index in [0.29, 0.717) is 35.4 Å². The van der Waals surface area contributed by atoms with E-state index in [2.05, 4.69) is 23.6 Å². The summed E-state index contributed by atoms with van der Waals surface area (Å²) in [5, 5.41) is 0. The van der Waals surface area contributed by atoms with E-state index in [-0.39, 0.29) is 0 Å². The van der Waals surface area contributed by atoms with Crippen molar-refractivity contribution in [3.05, 3.63) is 59.7 Å². The number of nitrogens with zero attached hydrogens (tertiary/aromatic N) is 1. The molecule has 0 fully saturated rings. The molecule has 1 heterocycles. The highest BCUT2D eigenvalue weighted by Crippen LogP contribution is 2.22. The molecular formula is C19H22N2O3S. The molecule has 1 aliphatic rings. The highest BCUT2D eigenvalue weighted by Gasteiger charge is 2.29. The van der Waals surface area contributed by atoms with Crippen molar-refractivity contribution in [3.63, 3.8) is 0 Å². The molecule has 0 radical (unpaired) electrons. The summed E-state index contributed by atoms with van der Waals surface area (Å²) < 4.78 is 32.3. The Morgan fingerprint density at radius 2 is 1.80 bits per heavy atom. The number of benzene rings is 2. The van der Waals surface area contributed by atoms with Crippen LogP contribution in [0.2, 0.25) is 0 Å². The number of hydrogen-bond donors (Lipinski definition) is 1. The van der Waals surface area contributed by atoms with Crippen LogP contribution >= 0.6 is 0 Å². The monoisotopic (exact) mass is 358 g/mol. The van der Waals surface area contributed by atoms with Gasteiger partial charge in [0.25, 0.3) is 10.0 Å². The van der Waals surface area contributed by atoms with Gasteiger partial charge in [0, 0.05) is 12.1 Å². The molecule has 1 aliphatic heterocycles. The van der Waals surface area contributed by atoms with Gasteiger partial charge in [-0.25, -0.2) is 8.42 Å². The van der Waals surface area contributed by atoms with Crippen molar-refractivity contribution in [2.24, 2.45) is 10.9 Å². The lowest BCUT2D eigenvalue weighted by Crippen LogP contribution is -2.22. The highest BCUT2D eigenvalue weighted by molar-refractivity contribution is 7.90. The van der Waals surface area contributed by atoms with Crippen LogP contribution in [0, 0.1) is 5.92 Å². The Labute approximate surface area is 148 Å². The van der Waals surface area contributed by atoms with E-state index in [1.54, 1.807) is 18.2 Å². The molecule has 0 amide bonds. The number of rotatable bonds is 6. The van der Waals surface area contributed by atoms with E-state index in [0.717, 1.165) is 17.7 Å². The lowest BCUT2D eigenvalue weighted by molar-refractivity contribution is 0.271. The molecular weight excluding hydrogens is 336 g/mol. The van der Waals surface area contributed by atoms with Crippen molar-refractivity contribution in [1.82, 2.24) is 4.72 Å². The quantitative estimate of drug-likeness (QED) is 0.863. The topological polar surface area (TPSA) is 67.8 Å². The molecule has 0 saturated heterocycles. The Balaban J connectivity index is 1.62. The first kappa shape index (κ1) is 17.5. The molecule has 1 N–H and O–H groups in total. The first-order chi connectivity index (χ1) is 12.0. The second-order valence-electron chi connectivity index (χ2n) is 6.43. The SMILES string of the molecule is CC(C)COc1ccc(CCN=C2NS(=O)(=O)c3ccccc32)cc1. The summed E-state index contributed by atoms with van der Waals surface area (Å²) in [6, 6.07) is 14.8. The maximum Gasteiger partial charge on any atom is 0.263 e. The van der Waals surface area contributed by atoms with Gasteiger partial charge >= 0.3 is 0 Å². The molecule has 0 unspecified atom stereocenters. The summed E-state index contributed by atoms with van der Waals surface area (Å²) in [4.78, 5) is 4.72. The van der Waals surface area contributed by atoms with Gasteiger partial charge in [-0.2, -0.15) is 0 Å². The molecule has 0 bridgehead atoms. The van der Waals surface area contributed by atoms with Crippen molar-refractivity contribution in [2.45, 2.75) is 25.2 Å². The zero-order chi connectivity index (χ0) is 17.9. The van der Waals surface area contributed by atoms with E-state index < -0.39 is 10.0 Å². The van der Waals surface area contributed by atoms with Gasteiger partial charge in [-0.3, -0.25) is 9.71 Å². The van der Waals surface area contributed by atoms with Gasteiger partial charge in [-0.05, 0) is 42.2 Å². The van der Waals surface area contributed by atoms with Gasteiger partial charge in [0.15, 0.2) is 0 Å². The maximum absolute atomic E-state index is 12.0. The second-order valence-corrected chi connectivity index (χ2v) is 8.08. The third kappa shape index (κ3) is 4.20. The summed E-state index contributed by atoms with van der Waals surface area (Å²) >= 11 is 0. The Bertz CT molecular complexity index is 872. The minimum atomic E-state index is -3.47. The van der Waals surface area contributed by atoms with Crippen LogP contribution in [0.4, 0.5) is 0 Å². The summed E-state index contributed by atoms with van der Waals surface area (Å²) in [7, 11) is -3.47. The number of amidine groups is 1. The van der Waals surface area contributed by atoms with Crippen LogP contribution in [0.1, 0.15) is 25.0 Å². The first-order valence-corrected chi connectivity index (χ1v) is 9.82. The number of nitrogens with one attached hydrogen (secondary N) is 1. The number of hydrogen-bond acceptors (Lipinski definition) is 4.